The maximum Gasteiger partial charge on any atom is 0.412 e. The summed E-state index contributed by atoms with van der Waals surface area (Å²) in [6, 6.07) is 3.99. The van der Waals surface area contributed by atoms with Crippen LogP contribution < -0.4 is 30.2 Å². The van der Waals surface area contributed by atoms with Crippen molar-refractivity contribution < 1.29 is 28.6 Å². The second-order valence-electron chi connectivity index (χ2n) is 4.40. The maximum absolute atomic E-state index is 11.5. The summed E-state index contributed by atoms with van der Waals surface area (Å²) in [7, 11) is 0. The van der Waals surface area contributed by atoms with Crippen LogP contribution in [0.15, 0.2) is 18.2 Å². The number of ether oxygens (including phenoxy) is 3. The van der Waals surface area contributed by atoms with E-state index < -0.39 is 18.3 Å². The Balaban J connectivity index is 2.97. The molecule has 0 spiro atoms. The number of carbonyl (C=O) groups is 3. The van der Waals surface area contributed by atoms with Gasteiger partial charge in [0, 0.05) is 37.8 Å². The Hall–Kier alpha value is -2.97. The zero-order valence-corrected chi connectivity index (χ0v) is 13.8. The number of hydrogen-bond donors (Lipinski definition) is 3. The third kappa shape index (κ3) is 6.86. The summed E-state index contributed by atoms with van der Waals surface area (Å²) in [5.41, 5.74) is 0. The summed E-state index contributed by atoms with van der Waals surface area (Å²) in [5, 5.41) is 7.36. The second kappa shape index (κ2) is 9.93. The minimum Gasteiger partial charge on any atom is -0.410 e. The van der Waals surface area contributed by atoms with Crippen molar-refractivity contribution in [3.63, 3.8) is 0 Å². The smallest absolute Gasteiger partial charge is 0.410 e. The molecular formula is C15H21N3O6. The van der Waals surface area contributed by atoms with Gasteiger partial charge < -0.3 is 30.2 Å². The fraction of sp³-hybridized carbons (Fsp3) is 0.400. The van der Waals surface area contributed by atoms with E-state index in [-0.39, 0.29) is 17.2 Å². The minimum absolute atomic E-state index is 0.0575. The van der Waals surface area contributed by atoms with Gasteiger partial charge >= 0.3 is 18.3 Å². The predicted molar refractivity (Wildman–Crippen MR) is 85.5 cm³/mol. The molecule has 132 valence electrons. The molecule has 9 nitrogen and oxygen atoms in total. The fourth-order valence-electron chi connectivity index (χ4n) is 1.58. The summed E-state index contributed by atoms with van der Waals surface area (Å²) in [6.45, 7) is 6.36. The number of rotatable bonds is 6. The highest BCUT2D eigenvalue weighted by molar-refractivity contribution is 5.74. The summed E-state index contributed by atoms with van der Waals surface area (Å²) in [5.74, 6) is 0.172. The number of nitrogens with one attached hydrogen (secondary N) is 3. The van der Waals surface area contributed by atoms with Gasteiger partial charge in [-0.1, -0.05) is 0 Å². The van der Waals surface area contributed by atoms with Crippen LogP contribution in [0.2, 0.25) is 0 Å². The Morgan fingerprint density at radius 2 is 0.917 bits per heavy atom. The molecule has 0 fully saturated rings. The van der Waals surface area contributed by atoms with Crippen molar-refractivity contribution in [3.8, 4) is 17.2 Å². The Morgan fingerprint density at radius 1 is 0.667 bits per heavy atom. The molecular weight excluding hydrogens is 318 g/mol. The van der Waals surface area contributed by atoms with Gasteiger partial charge in [-0.15, -0.1) is 0 Å². The van der Waals surface area contributed by atoms with E-state index in [1.807, 2.05) is 0 Å². The first-order chi connectivity index (χ1) is 11.5. The topological polar surface area (TPSA) is 115 Å². The van der Waals surface area contributed by atoms with Crippen LogP contribution in [-0.2, 0) is 0 Å². The lowest BCUT2D eigenvalue weighted by Gasteiger charge is -2.11. The first kappa shape index (κ1) is 19.1. The van der Waals surface area contributed by atoms with E-state index in [0.29, 0.717) is 19.6 Å². The summed E-state index contributed by atoms with van der Waals surface area (Å²) < 4.78 is 15.1. The van der Waals surface area contributed by atoms with Crippen LogP contribution >= 0.6 is 0 Å². The van der Waals surface area contributed by atoms with E-state index >= 15 is 0 Å². The van der Waals surface area contributed by atoms with Crippen LogP contribution in [0.4, 0.5) is 14.4 Å². The standard InChI is InChI=1S/C15H21N3O6/c1-4-16-13(19)22-10-7-11(23-14(20)17-5-2)9-12(8-10)24-15(21)18-6-3/h7-9H,4-6H2,1-3H3,(H,16,19)(H,17,20)(H,18,21). The first-order valence-corrected chi connectivity index (χ1v) is 7.50. The van der Waals surface area contributed by atoms with Crippen LogP contribution in [0.25, 0.3) is 0 Å². The highest BCUT2D eigenvalue weighted by atomic mass is 16.6. The van der Waals surface area contributed by atoms with Crippen LogP contribution in [-0.4, -0.2) is 37.9 Å². The highest BCUT2D eigenvalue weighted by Crippen LogP contribution is 2.28. The minimum atomic E-state index is -0.684. The lowest BCUT2D eigenvalue weighted by Crippen LogP contribution is -2.28. The monoisotopic (exact) mass is 339 g/mol. The van der Waals surface area contributed by atoms with Crippen molar-refractivity contribution in [2.24, 2.45) is 0 Å². The Bertz CT molecular complexity index is 497. The third-order valence-electron chi connectivity index (χ3n) is 2.45. The molecule has 0 aliphatic carbocycles. The van der Waals surface area contributed by atoms with E-state index in [4.69, 9.17) is 14.2 Å². The molecule has 0 heterocycles. The van der Waals surface area contributed by atoms with Gasteiger partial charge in [-0.2, -0.15) is 0 Å². The van der Waals surface area contributed by atoms with Gasteiger partial charge in [-0.25, -0.2) is 14.4 Å². The molecule has 3 N–H and O–H groups in total. The molecule has 1 rings (SSSR count). The van der Waals surface area contributed by atoms with E-state index in [1.54, 1.807) is 20.8 Å². The molecule has 0 aromatic heterocycles. The van der Waals surface area contributed by atoms with Gasteiger partial charge in [-0.05, 0) is 20.8 Å². The van der Waals surface area contributed by atoms with Gasteiger partial charge in [0.15, 0.2) is 0 Å². The van der Waals surface area contributed by atoms with Crippen molar-refractivity contribution in [2.45, 2.75) is 20.8 Å². The summed E-state index contributed by atoms with van der Waals surface area (Å²) >= 11 is 0. The van der Waals surface area contributed by atoms with Crippen LogP contribution in [0.3, 0.4) is 0 Å². The number of hydrogen-bond acceptors (Lipinski definition) is 6. The second-order valence-corrected chi connectivity index (χ2v) is 4.40. The first-order valence-electron chi connectivity index (χ1n) is 7.50. The predicted octanol–water partition coefficient (Wildman–Crippen LogP) is 2.01. The van der Waals surface area contributed by atoms with Gasteiger partial charge in [0.05, 0.1) is 0 Å². The number of carbonyl (C=O) groups excluding carboxylic acids is 3. The van der Waals surface area contributed by atoms with E-state index in [2.05, 4.69) is 16.0 Å². The van der Waals surface area contributed by atoms with Crippen molar-refractivity contribution in [1.29, 1.82) is 0 Å². The third-order valence-corrected chi connectivity index (χ3v) is 2.45. The molecule has 24 heavy (non-hydrogen) atoms. The largest absolute Gasteiger partial charge is 0.412 e. The van der Waals surface area contributed by atoms with Gasteiger partial charge in [0.2, 0.25) is 0 Å². The van der Waals surface area contributed by atoms with E-state index in [1.165, 1.54) is 18.2 Å². The molecule has 9 heteroatoms. The van der Waals surface area contributed by atoms with Crippen molar-refractivity contribution in [1.82, 2.24) is 16.0 Å². The zero-order valence-electron chi connectivity index (χ0n) is 13.8. The van der Waals surface area contributed by atoms with Gasteiger partial charge in [0.25, 0.3) is 0 Å². The maximum atomic E-state index is 11.5. The van der Waals surface area contributed by atoms with Crippen LogP contribution in [0, 0.1) is 0 Å². The molecule has 0 saturated carbocycles. The Labute approximate surface area is 139 Å². The fourth-order valence-corrected chi connectivity index (χ4v) is 1.58. The van der Waals surface area contributed by atoms with E-state index in [0.717, 1.165) is 0 Å². The highest BCUT2D eigenvalue weighted by Gasteiger charge is 2.12. The SMILES string of the molecule is CCNC(=O)Oc1cc(OC(=O)NCC)cc(OC(=O)NCC)c1. The van der Waals surface area contributed by atoms with E-state index in [9.17, 15) is 14.4 Å². The normalized spacial score (nSPS) is 9.62. The van der Waals surface area contributed by atoms with Gasteiger partial charge in [-0.3, -0.25) is 0 Å². The van der Waals surface area contributed by atoms with Crippen LogP contribution in [0.1, 0.15) is 20.8 Å². The average Bonchev–Trinajstić information content (AvgIpc) is 2.47. The summed E-state index contributed by atoms with van der Waals surface area (Å²) in [4.78, 5) is 34.5. The van der Waals surface area contributed by atoms with Crippen LogP contribution in [0.5, 0.6) is 17.2 Å². The lowest BCUT2D eigenvalue weighted by molar-refractivity contribution is 0.197. The quantitative estimate of drug-likeness (QED) is 0.730. The molecule has 0 atom stereocenters. The Morgan fingerprint density at radius 3 is 1.12 bits per heavy atom. The molecule has 3 amide bonds. The molecule has 0 radical (unpaired) electrons. The number of benzene rings is 1. The molecule has 0 unspecified atom stereocenters. The molecule has 1 aromatic carbocycles. The molecule has 0 aliphatic rings. The molecule has 0 aliphatic heterocycles. The number of amides is 3. The Kier molecular flexibility index (Phi) is 7.89. The lowest BCUT2D eigenvalue weighted by atomic mass is 10.3. The van der Waals surface area contributed by atoms with Crippen molar-refractivity contribution in [3.05, 3.63) is 18.2 Å². The van der Waals surface area contributed by atoms with Crippen molar-refractivity contribution >= 4 is 18.3 Å². The average molecular weight is 339 g/mol. The van der Waals surface area contributed by atoms with Gasteiger partial charge in [0.1, 0.15) is 17.2 Å². The van der Waals surface area contributed by atoms with Crippen molar-refractivity contribution in [2.75, 3.05) is 19.6 Å². The molecule has 1 aromatic rings. The summed E-state index contributed by atoms with van der Waals surface area (Å²) in [6.07, 6.45) is -2.05. The molecule has 0 saturated heterocycles. The zero-order chi connectivity index (χ0) is 17.9. The molecule has 0 bridgehead atoms.